The van der Waals surface area contributed by atoms with Crippen LogP contribution in [-0.4, -0.2) is 25.7 Å². The highest BCUT2D eigenvalue weighted by Gasteiger charge is 2.12. The van der Waals surface area contributed by atoms with Gasteiger partial charge in [-0.1, -0.05) is 0 Å². The first-order valence-electron chi connectivity index (χ1n) is 7.38. The van der Waals surface area contributed by atoms with E-state index in [1.807, 2.05) is 20.8 Å². The summed E-state index contributed by atoms with van der Waals surface area (Å²) in [5, 5.41) is 7.07. The van der Waals surface area contributed by atoms with Crippen molar-refractivity contribution in [1.29, 1.82) is 0 Å². The number of amides is 1. The van der Waals surface area contributed by atoms with Gasteiger partial charge in [-0.3, -0.25) is 4.79 Å². The summed E-state index contributed by atoms with van der Waals surface area (Å²) in [6.07, 6.45) is 3.02. The lowest BCUT2D eigenvalue weighted by Gasteiger charge is -2.06. The Morgan fingerprint density at radius 3 is 2.25 bits per heavy atom. The number of carbonyl (C=O) groups is 1. The number of carbonyl (C=O) groups excluding carboxylic acids is 1. The monoisotopic (exact) mass is 325 g/mol. The van der Waals surface area contributed by atoms with Crippen molar-refractivity contribution in [1.82, 2.24) is 19.7 Å². The molecule has 0 aliphatic heterocycles. The summed E-state index contributed by atoms with van der Waals surface area (Å²) in [4.78, 5) is 20.6. The number of aryl methyl sites for hydroxylation is 1. The standard InChI is InChI=1S/C17H16FN5O/c1-10-11(2)22-23(12(10)3)17-19-8-15(9-20-17)21-16(24)13-4-6-14(18)7-5-13/h4-9H,1-3H3,(H,21,24). The zero-order chi connectivity index (χ0) is 17.3. The number of anilines is 1. The van der Waals surface area contributed by atoms with E-state index in [1.165, 1.54) is 36.7 Å². The maximum atomic E-state index is 12.9. The molecule has 0 aliphatic carbocycles. The molecule has 0 bridgehead atoms. The average Bonchev–Trinajstić information content (AvgIpc) is 2.84. The van der Waals surface area contributed by atoms with Crippen molar-refractivity contribution in [3.05, 3.63) is 65.0 Å². The summed E-state index contributed by atoms with van der Waals surface area (Å²) in [5.41, 5.74) is 3.79. The number of rotatable bonds is 3. The quantitative estimate of drug-likeness (QED) is 0.803. The molecular formula is C17H16FN5O. The van der Waals surface area contributed by atoms with Crippen LogP contribution in [0.4, 0.5) is 10.1 Å². The lowest BCUT2D eigenvalue weighted by atomic mass is 10.2. The van der Waals surface area contributed by atoms with Crippen molar-refractivity contribution in [3.63, 3.8) is 0 Å². The van der Waals surface area contributed by atoms with Crippen LogP contribution in [0.2, 0.25) is 0 Å². The van der Waals surface area contributed by atoms with Crippen molar-refractivity contribution in [2.75, 3.05) is 5.32 Å². The lowest BCUT2D eigenvalue weighted by Crippen LogP contribution is -2.13. The molecule has 0 radical (unpaired) electrons. The van der Waals surface area contributed by atoms with Crippen LogP contribution < -0.4 is 5.32 Å². The van der Waals surface area contributed by atoms with Crippen LogP contribution >= 0.6 is 0 Å². The summed E-state index contributed by atoms with van der Waals surface area (Å²) < 4.78 is 14.5. The van der Waals surface area contributed by atoms with Crippen LogP contribution in [0.3, 0.4) is 0 Å². The zero-order valence-electron chi connectivity index (χ0n) is 13.5. The van der Waals surface area contributed by atoms with Crippen molar-refractivity contribution < 1.29 is 9.18 Å². The molecule has 6 nitrogen and oxygen atoms in total. The van der Waals surface area contributed by atoms with Crippen molar-refractivity contribution in [2.45, 2.75) is 20.8 Å². The molecule has 0 aliphatic rings. The summed E-state index contributed by atoms with van der Waals surface area (Å²) in [5.74, 6) is -0.309. The molecular weight excluding hydrogens is 309 g/mol. The second-order valence-electron chi connectivity index (χ2n) is 5.44. The summed E-state index contributed by atoms with van der Waals surface area (Å²) in [6.45, 7) is 5.87. The van der Waals surface area contributed by atoms with Gasteiger partial charge in [0.15, 0.2) is 0 Å². The van der Waals surface area contributed by atoms with E-state index in [0.717, 1.165) is 17.0 Å². The highest BCUT2D eigenvalue weighted by molar-refractivity contribution is 6.04. The van der Waals surface area contributed by atoms with E-state index in [4.69, 9.17) is 0 Å². The largest absolute Gasteiger partial charge is 0.319 e. The Balaban J connectivity index is 1.78. The number of halogens is 1. The molecule has 24 heavy (non-hydrogen) atoms. The minimum atomic E-state index is -0.389. The minimum absolute atomic E-state index is 0.353. The third-order valence-corrected chi connectivity index (χ3v) is 3.85. The molecule has 1 amide bonds. The van der Waals surface area contributed by atoms with Crippen molar-refractivity contribution in [2.24, 2.45) is 0 Å². The van der Waals surface area contributed by atoms with Gasteiger partial charge in [-0.2, -0.15) is 5.10 Å². The Morgan fingerprint density at radius 2 is 1.71 bits per heavy atom. The fourth-order valence-electron chi connectivity index (χ4n) is 2.22. The highest BCUT2D eigenvalue weighted by Crippen LogP contribution is 2.15. The van der Waals surface area contributed by atoms with Crippen LogP contribution in [0.1, 0.15) is 27.3 Å². The van der Waals surface area contributed by atoms with Gasteiger partial charge in [-0.15, -0.1) is 0 Å². The molecule has 0 spiro atoms. The second-order valence-corrected chi connectivity index (χ2v) is 5.44. The normalized spacial score (nSPS) is 10.7. The van der Waals surface area contributed by atoms with Crippen LogP contribution in [0.5, 0.6) is 0 Å². The molecule has 1 N–H and O–H groups in total. The fraction of sp³-hybridized carbons (Fsp3) is 0.176. The second kappa shape index (κ2) is 6.19. The SMILES string of the molecule is Cc1nn(-c2ncc(NC(=O)c3ccc(F)cc3)cn2)c(C)c1C. The summed E-state index contributed by atoms with van der Waals surface area (Å²) in [6, 6.07) is 5.30. The first kappa shape index (κ1) is 15.8. The topological polar surface area (TPSA) is 72.7 Å². The third kappa shape index (κ3) is 3.01. The van der Waals surface area contributed by atoms with Gasteiger partial charge >= 0.3 is 0 Å². The number of aromatic nitrogens is 4. The summed E-state index contributed by atoms with van der Waals surface area (Å²) in [7, 11) is 0. The maximum absolute atomic E-state index is 12.9. The Labute approximate surface area is 138 Å². The zero-order valence-corrected chi connectivity index (χ0v) is 13.5. The average molecular weight is 325 g/mol. The molecule has 1 aromatic carbocycles. The Morgan fingerprint density at radius 1 is 1.08 bits per heavy atom. The van der Waals surface area contributed by atoms with Gasteiger partial charge in [-0.25, -0.2) is 19.0 Å². The molecule has 2 aromatic heterocycles. The van der Waals surface area contributed by atoms with Gasteiger partial charge in [0.2, 0.25) is 0 Å². The smallest absolute Gasteiger partial charge is 0.255 e. The number of nitrogens with zero attached hydrogens (tertiary/aromatic N) is 4. The van der Waals surface area contributed by atoms with E-state index in [2.05, 4.69) is 20.4 Å². The molecule has 0 saturated heterocycles. The van der Waals surface area contributed by atoms with Crippen LogP contribution in [-0.2, 0) is 0 Å². The number of hydrogen-bond acceptors (Lipinski definition) is 4. The molecule has 7 heteroatoms. The number of benzene rings is 1. The molecule has 0 saturated carbocycles. The van der Waals surface area contributed by atoms with Gasteiger partial charge in [0.1, 0.15) is 5.82 Å². The van der Waals surface area contributed by atoms with Gasteiger partial charge in [-0.05, 0) is 50.6 Å². The first-order chi connectivity index (χ1) is 11.5. The first-order valence-corrected chi connectivity index (χ1v) is 7.38. The molecule has 0 atom stereocenters. The van der Waals surface area contributed by atoms with Crippen molar-refractivity contribution in [3.8, 4) is 5.95 Å². The van der Waals surface area contributed by atoms with Gasteiger partial charge in [0.25, 0.3) is 11.9 Å². The van der Waals surface area contributed by atoms with E-state index in [-0.39, 0.29) is 11.7 Å². The molecule has 3 rings (SSSR count). The number of hydrogen-bond donors (Lipinski definition) is 1. The van der Waals surface area contributed by atoms with E-state index in [9.17, 15) is 9.18 Å². The van der Waals surface area contributed by atoms with E-state index in [0.29, 0.717) is 17.2 Å². The summed E-state index contributed by atoms with van der Waals surface area (Å²) >= 11 is 0. The van der Waals surface area contributed by atoms with Crippen LogP contribution in [0.25, 0.3) is 5.95 Å². The Hall–Kier alpha value is -3.09. The fourth-order valence-corrected chi connectivity index (χ4v) is 2.22. The molecule has 122 valence electrons. The minimum Gasteiger partial charge on any atom is -0.319 e. The van der Waals surface area contributed by atoms with E-state index in [1.54, 1.807) is 4.68 Å². The van der Waals surface area contributed by atoms with Crippen LogP contribution in [0, 0.1) is 26.6 Å². The maximum Gasteiger partial charge on any atom is 0.255 e. The van der Waals surface area contributed by atoms with E-state index >= 15 is 0 Å². The highest BCUT2D eigenvalue weighted by atomic mass is 19.1. The van der Waals surface area contributed by atoms with Crippen LogP contribution in [0.15, 0.2) is 36.7 Å². The molecule has 0 unspecified atom stereocenters. The predicted octanol–water partition coefficient (Wildman–Crippen LogP) is 2.98. The predicted molar refractivity (Wildman–Crippen MR) is 87.7 cm³/mol. The van der Waals surface area contributed by atoms with E-state index < -0.39 is 0 Å². The van der Waals surface area contributed by atoms with Gasteiger partial charge in [0.05, 0.1) is 23.8 Å². The third-order valence-electron chi connectivity index (χ3n) is 3.85. The Bertz CT molecular complexity index is 885. The Kier molecular flexibility index (Phi) is 4.07. The molecule has 0 fully saturated rings. The lowest BCUT2D eigenvalue weighted by molar-refractivity contribution is 0.102. The van der Waals surface area contributed by atoms with Gasteiger partial charge < -0.3 is 5.32 Å². The number of nitrogens with one attached hydrogen (secondary N) is 1. The van der Waals surface area contributed by atoms with Gasteiger partial charge in [0, 0.05) is 11.3 Å². The molecule has 3 aromatic rings. The molecule has 2 heterocycles. The van der Waals surface area contributed by atoms with Crippen molar-refractivity contribution >= 4 is 11.6 Å².